The molecule has 0 aliphatic heterocycles. The van der Waals surface area contributed by atoms with Crippen LogP contribution in [0.4, 0.5) is 0 Å². The molecule has 16 heavy (non-hydrogen) atoms. The summed E-state index contributed by atoms with van der Waals surface area (Å²) in [4.78, 5) is 22.8. The molecule has 5 nitrogen and oxygen atoms in total. The quantitative estimate of drug-likeness (QED) is 0.730. The van der Waals surface area contributed by atoms with Crippen molar-refractivity contribution in [3.63, 3.8) is 0 Å². The third kappa shape index (κ3) is 2.95. The van der Waals surface area contributed by atoms with Crippen molar-refractivity contribution < 1.29 is 19.4 Å². The third-order valence-electron chi connectivity index (χ3n) is 3.19. The first-order valence-electron chi connectivity index (χ1n) is 5.52. The van der Waals surface area contributed by atoms with Gasteiger partial charge in [0, 0.05) is 12.5 Å². The first-order valence-corrected chi connectivity index (χ1v) is 5.52. The maximum Gasteiger partial charge on any atom is 0.328 e. The van der Waals surface area contributed by atoms with E-state index >= 15 is 0 Å². The average molecular weight is 229 g/mol. The molecule has 1 rings (SSSR count). The van der Waals surface area contributed by atoms with Crippen molar-refractivity contribution in [3.05, 3.63) is 0 Å². The van der Waals surface area contributed by atoms with Crippen molar-refractivity contribution in [2.45, 2.75) is 38.6 Å². The van der Waals surface area contributed by atoms with Gasteiger partial charge in [-0.15, -0.1) is 0 Å². The van der Waals surface area contributed by atoms with Crippen LogP contribution in [0.15, 0.2) is 0 Å². The van der Waals surface area contributed by atoms with Crippen LogP contribution in [0.25, 0.3) is 0 Å². The summed E-state index contributed by atoms with van der Waals surface area (Å²) in [5.74, 6) is -1.23. The molecule has 1 amide bonds. The minimum Gasteiger partial charge on any atom is -0.480 e. The van der Waals surface area contributed by atoms with Crippen molar-refractivity contribution in [1.82, 2.24) is 5.32 Å². The van der Waals surface area contributed by atoms with Gasteiger partial charge in [-0.25, -0.2) is 4.79 Å². The maximum absolute atomic E-state index is 11.9. The molecule has 0 heterocycles. The Hall–Kier alpha value is -1.10. The highest BCUT2D eigenvalue weighted by atomic mass is 16.5. The van der Waals surface area contributed by atoms with Crippen LogP contribution in [0, 0.1) is 5.41 Å². The van der Waals surface area contributed by atoms with Gasteiger partial charge >= 0.3 is 5.97 Å². The summed E-state index contributed by atoms with van der Waals surface area (Å²) < 4.78 is 4.77. The SMILES string of the molecule is COCC(NC(=O)C1(C)CCCC1)C(=O)O. The Kier molecular flexibility index (Phi) is 4.29. The third-order valence-corrected chi connectivity index (χ3v) is 3.19. The molecule has 1 aliphatic rings. The largest absolute Gasteiger partial charge is 0.480 e. The van der Waals surface area contributed by atoms with E-state index in [-0.39, 0.29) is 12.5 Å². The van der Waals surface area contributed by atoms with E-state index in [1.807, 2.05) is 6.92 Å². The van der Waals surface area contributed by atoms with Gasteiger partial charge in [-0.2, -0.15) is 0 Å². The summed E-state index contributed by atoms with van der Waals surface area (Å²) >= 11 is 0. The van der Waals surface area contributed by atoms with Crippen molar-refractivity contribution >= 4 is 11.9 Å². The van der Waals surface area contributed by atoms with Gasteiger partial charge in [0.1, 0.15) is 0 Å². The summed E-state index contributed by atoms with van der Waals surface area (Å²) in [5.41, 5.74) is -0.401. The lowest BCUT2D eigenvalue weighted by atomic mass is 9.87. The molecule has 1 fully saturated rings. The predicted molar refractivity (Wildman–Crippen MR) is 58.0 cm³/mol. The number of hydrogen-bond donors (Lipinski definition) is 2. The molecule has 1 atom stereocenters. The molecule has 0 aromatic rings. The summed E-state index contributed by atoms with van der Waals surface area (Å²) in [6.07, 6.45) is 3.73. The van der Waals surface area contributed by atoms with E-state index in [4.69, 9.17) is 9.84 Å². The fourth-order valence-corrected chi connectivity index (χ4v) is 2.06. The zero-order chi connectivity index (χ0) is 12.2. The number of nitrogens with one attached hydrogen (secondary N) is 1. The average Bonchev–Trinajstić information content (AvgIpc) is 2.65. The Morgan fingerprint density at radius 1 is 1.44 bits per heavy atom. The second-order valence-corrected chi connectivity index (χ2v) is 4.59. The van der Waals surface area contributed by atoms with Gasteiger partial charge in [0.25, 0.3) is 0 Å². The first-order chi connectivity index (χ1) is 7.49. The minimum absolute atomic E-state index is 0.00282. The molecule has 1 aliphatic carbocycles. The first kappa shape index (κ1) is 13.0. The maximum atomic E-state index is 11.9. The van der Waals surface area contributed by atoms with Crippen LogP contribution in [0.5, 0.6) is 0 Å². The van der Waals surface area contributed by atoms with Gasteiger partial charge in [0.15, 0.2) is 6.04 Å². The van der Waals surface area contributed by atoms with Gasteiger partial charge in [0.2, 0.25) is 5.91 Å². The monoisotopic (exact) mass is 229 g/mol. The molecule has 0 spiro atoms. The Labute approximate surface area is 95.2 Å². The number of carboxylic acid groups (broad SMARTS) is 1. The number of amides is 1. The number of carboxylic acids is 1. The van der Waals surface area contributed by atoms with Gasteiger partial charge < -0.3 is 15.2 Å². The number of rotatable bonds is 5. The second-order valence-electron chi connectivity index (χ2n) is 4.59. The minimum atomic E-state index is -1.06. The van der Waals surface area contributed by atoms with Crippen LogP contribution in [0.3, 0.4) is 0 Å². The van der Waals surface area contributed by atoms with Crippen LogP contribution >= 0.6 is 0 Å². The van der Waals surface area contributed by atoms with Gasteiger partial charge in [0.05, 0.1) is 6.61 Å². The summed E-state index contributed by atoms with van der Waals surface area (Å²) in [5, 5.41) is 11.4. The lowest BCUT2D eigenvalue weighted by Crippen LogP contribution is -2.48. The molecule has 1 saturated carbocycles. The normalized spacial score (nSPS) is 20.4. The molecule has 0 bridgehead atoms. The highest BCUT2D eigenvalue weighted by molar-refractivity contribution is 5.87. The molecule has 0 saturated heterocycles. The Balaban J connectivity index is 2.57. The van der Waals surface area contributed by atoms with Crippen LogP contribution in [0.1, 0.15) is 32.6 Å². The van der Waals surface area contributed by atoms with Gasteiger partial charge in [-0.1, -0.05) is 19.8 Å². The smallest absolute Gasteiger partial charge is 0.328 e. The molecule has 2 N–H and O–H groups in total. The number of aliphatic carboxylic acids is 1. The molecule has 92 valence electrons. The van der Waals surface area contributed by atoms with Crippen molar-refractivity contribution in [2.24, 2.45) is 5.41 Å². The fraction of sp³-hybridized carbons (Fsp3) is 0.818. The van der Waals surface area contributed by atoms with Crippen LogP contribution in [-0.2, 0) is 14.3 Å². The molecular formula is C11H19NO4. The van der Waals surface area contributed by atoms with Crippen molar-refractivity contribution in [3.8, 4) is 0 Å². The summed E-state index contributed by atoms with van der Waals surface area (Å²) in [6, 6.07) is -0.949. The number of methoxy groups -OCH3 is 1. The van der Waals surface area contributed by atoms with Gasteiger partial charge in [-0.05, 0) is 12.8 Å². The topological polar surface area (TPSA) is 75.6 Å². The van der Waals surface area contributed by atoms with E-state index in [0.717, 1.165) is 25.7 Å². The van der Waals surface area contributed by atoms with Crippen LogP contribution in [-0.4, -0.2) is 36.7 Å². The van der Waals surface area contributed by atoms with Gasteiger partial charge in [-0.3, -0.25) is 4.79 Å². The Morgan fingerprint density at radius 3 is 2.44 bits per heavy atom. The number of hydrogen-bond acceptors (Lipinski definition) is 3. The molecular weight excluding hydrogens is 210 g/mol. The zero-order valence-electron chi connectivity index (χ0n) is 9.78. The second kappa shape index (κ2) is 5.30. The number of carbonyl (C=O) groups excluding carboxylic acids is 1. The van der Waals surface area contributed by atoms with Crippen LogP contribution < -0.4 is 5.32 Å². The summed E-state index contributed by atoms with van der Waals surface area (Å²) in [6.45, 7) is 1.89. The predicted octanol–water partition coefficient (Wildman–Crippen LogP) is 0.782. The van der Waals surface area contributed by atoms with E-state index in [0.29, 0.717) is 0 Å². The number of carbonyl (C=O) groups is 2. The highest BCUT2D eigenvalue weighted by Gasteiger charge is 2.37. The van der Waals surface area contributed by atoms with E-state index in [9.17, 15) is 9.59 Å². The van der Waals surface area contributed by atoms with Crippen LogP contribution in [0.2, 0.25) is 0 Å². The van der Waals surface area contributed by atoms with E-state index in [2.05, 4.69) is 5.32 Å². The standard InChI is InChI=1S/C11H19NO4/c1-11(5-3-4-6-11)10(15)12-8(7-16-2)9(13)14/h8H,3-7H2,1-2H3,(H,12,15)(H,13,14). The highest BCUT2D eigenvalue weighted by Crippen LogP contribution is 2.37. The van der Waals surface area contributed by atoms with E-state index in [1.165, 1.54) is 7.11 Å². The van der Waals surface area contributed by atoms with E-state index < -0.39 is 17.4 Å². The summed E-state index contributed by atoms with van der Waals surface area (Å²) in [7, 11) is 1.42. The molecule has 0 aromatic heterocycles. The van der Waals surface area contributed by atoms with Crippen molar-refractivity contribution in [2.75, 3.05) is 13.7 Å². The lowest BCUT2D eigenvalue weighted by molar-refractivity contribution is -0.145. The Morgan fingerprint density at radius 2 is 2.00 bits per heavy atom. The molecule has 5 heteroatoms. The van der Waals surface area contributed by atoms with E-state index in [1.54, 1.807) is 0 Å². The lowest BCUT2D eigenvalue weighted by Gasteiger charge is -2.24. The fourth-order valence-electron chi connectivity index (χ4n) is 2.06. The molecule has 0 aromatic carbocycles. The Bertz CT molecular complexity index is 271. The number of ether oxygens (including phenoxy) is 1. The molecule has 1 unspecified atom stereocenters. The molecule has 0 radical (unpaired) electrons. The van der Waals surface area contributed by atoms with Crippen molar-refractivity contribution in [1.29, 1.82) is 0 Å². The zero-order valence-corrected chi connectivity index (χ0v) is 9.78.